The molecule has 0 aliphatic carbocycles. The summed E-state index contributed by atoms with van der Waals surface area (Å²) in [4.78, 5) is 23.3. The molecule has 142 valence electrons. The van der Waals surface area contributed by atoms with Crippen LogP contribution in [0.4, 0.5) is 11.5 Å². The van der Waals surface area contributed by atoms with Gasteiger partial charge in [0.25, 0.3) is 5.91 Å². The number of nitrogens with one attached hydrogen (secondary N) is 1. The minimum atomic E-state index is -0.271. The van der Waals surface area contributed by atoms with Crippen molar-refractivity contribution in [3.8, 4) is 11.5 Å². The Morgan fingerprint density at radius 3 is 2.61 bits per heavy atom. The van der Waals surface area contributed by atoms with Crippen molar-refractivity contribution in [2.24, 2.45) is 0 Å². The summed E-state index contributed by atoms with van der Waals surface area (Å²) >= 11 is 0. The number of hydrogen-bond donors (Lipinski definition) is 1. The summed E-state index contributed by atoms with van der Waals surface area (Å²) in [5.74, 6) is 1.77. The van der Waals surface area contributed by atoms with E-state index in [1.807, 2.05) is 36.4 Å². The highest BCUT2D eigenvalue weighted by Crippen LogP contribution is 2.28. The second-order valence-electron chi connectivity index (χ2n) is 6.25. The van der Waals surface area contributed by atoms with Crippen LogP contribution in [0.5, 0.6) is 11.5 Å². The molecular weight excluding hydrogens is 356 g/mol. The lowest BCUT2D eigenvalue weighted by Gasteiger charge is -2.27. The Labute approximate surface area is 163 Å². The third-order valence-corrected chi connectivity index (χ3v) is 4.35. The predicted molar refractivity (Wildman–Crippen MR) is 106 cm³/mol. The SMILES string of the molecule is O=C(Nc1cnccc1Oc1ccccc1)c1ccc(N2CCOCC2)nc1. The Morgan fingerprint density at radius 1 is 1.04 bits per heavy atom. The number of ether oxygens (including phenoxy) is 2. The largest absolute Gasteiger partial charge is 0.455 e. The molecule has 1 saturated heterocycles. The van der Waals surface area contributed by atoms with Crippen molar-refractivity contribution in [3.05, 3.63) is 72.7 Å². The van der Waals surface area contributed by atoms with E-state index in [9.17, 15) is 4.79 Å². The Kier molecular flexibility index (Phi) is 5.44. The van der Waals surface area contributed by atoms with Gasteiger partial charge in [-0.25, -0.2) is 4.98 Å². The number of para-hydroxylation sites is 1. The first-order chi connectivity index (χ1) is 13.8. The van der Waals surface area contributed by atoms with E-state index >= 15 is 0 Å². The van der Waals surface area contributed by atoms with E-state index in [0.717, 1.165) is 18.9 Å². The maximum Gasteiger partial charge on any atom is 0.257 e. The van der Waals surface area contributed by atoms with Crippen molar-refractivity contribution in [1.82, 2.24) is 9.97 Å². The normalized spacial score (nSPS) is 13.8. The molecule has 0 spiro atoms. The second-order valence-corrected chi connectivity index (χ2v) is 6.25. The van der Waals surface area contributed by atoms with Crippen LogP contribution >= 0.6 is 0 Å². The molecule has 0 bridgehead atoms. The molecule has 0 radical (unpaired) electrons. The minimum absolute atomic E-state index is 0.271. The summed E-state index contributed by atoms with van der Waals surface area (Å²) in [5.41, 5.74) is 0.958. The van der Waals surface area contributed by atoms with Crippen LogP contribution in [-0.2, 0) is 4.74 Å². The van der Waals surface area contributed by atoms with Crippen molar-refractivity contribution in [2.45, 2.75) is 0 Å². The van der Waals surface area contributed by atoms with Crippen LogP contribution in [0.15, 0.2) is 67.1 Å². The lowest BCUT2D eigenvalue weighted by molar-refractivity contribution is 0.102. The van der Waals surface area contributed by atoms with Gasteiger partial charge >= 0.3 is 0 Å². The van der Waals surface area contributed by atoms with E-state index in [-0.39, 0.29) is 5.91 Å². The van der Waals surface area contributed by atoms with Gasteiger partial charge in [-0.2, -0.15) is 0 Å². The minimum Gasteiger partial charge on any atom is -0.455 e. The summed E-state index contributed by atoms with van der Waals surface area (Å²) in [5, 5.41) is 2.85. The Balaban J connectivity index is 1.46. The van der Waals surface area contributed by atoms with Crippen LogP contribution in [0.2, 0.25) is 0 Å². The fourth-order valence-electron chi connectivity index (χ4n) is 2.87. The fourth-order valence-corrected chi connectivity index (χ4v) is 2.87. The zero-order valence-corrected chi connectivity index (χ0v) is 15.2. The highest BCUT2D eigenvalue weighted by molar-refractivity contribution is 6.04. The smallest absolute Gasteiger partial charge is 0.257 e. The summed E-state index contributed by atoms with van der Waals surface area (Å²) in [7, 11) is 0. The van der Waals surface area contributed by atoms with Crippen LogP contribution in [0.25, 0.3) is 0 Å². The van der Waals surface area contributed by atoms with Crippen LogP contribution in [-0.4, -0.2) is 42.2 Å². The van der Waals surface area contributed by atoms with E-state index in [2.05, 4.69) is 20.2 Å². The number of aromatic nitrogens is 2. The predicted octanol–water partition coefficient (Wildman–Crippen LogP) is 3.36. The van der Waals surface area contributed by atoms with Gasteiger partial charge in [0, 0.05) is 31.5 Å². The molecule has 1 amide bonds. The van der Waals surface area contributed by atoms with E-state index < -0.39 is 0 Å². The van der Waals surface area contributed by atoms with Gasteiger partial charge in [0.05, 0.1) is 25.0 Å². The number of nitrogens with zero attached hydrogens (tertiary/aromatic N) is 3. The lowest BCUT2D eigenvalue weighted by Crippen LogP contribution is -2.36. The summed E-state index contributed by atoms with van der Waals surface area (Å²) in [6, 6.07) is 14.7. The number of pyridine rings is 2. The molecule has 3 heterocycles. The van der Waals surface area contributed by atoms with E-state index in [4.69, 9.17) is 9.47 Å². The van der Waals surface area contributed by atoms with Crippen molar-refractivity contribution in [1.29, 1.82) is 0 Å². The van der Waals surface area contributed by atoms with Gasteiger partial charge in [0.1, 0.15) is 17.3 Å². The van der Waals surface area contributed by atoms with E-state index in [1.165, 1.54) is 0 Å². The molecule has 1 fully saturated rings. The molecule has 1 N–H and O–H groups in total. The lowest BCUT2D eigenvalue weighted by atomic mass is 10.2. The quantitative estimate of drug-likeness (QED) is 0.736. The zero-order valence-electron chi connectivity index (χ0n) is 15.2. The number of anilines is 2. The molecule has 7 nitrogen and oxygen atoms in total. The summed E-state index contributed by atoms with van der Waals surface area (Å²) < 4.78 is 11.2. The monoisotopic (exact) mass is 376 g/mol. The first-order valence-electron chi connectivity index (χ1n) is 9.06. The third kappa shape index (κ3) is 4.27. The molecule has 4 rings (SSSR count). The molecule has 7 heteroatoms. The van der Waals surface area contributed by atoms with Crippen molar-refractivity contribution in [2.75, 3.05) is 36.5 Å². The molecular formula is C21H20N4O3. The molecule has 0 atom stereocenters. The summed E-state index contributed by atoms with van der Waals surface area (Å²) in [6.45, 7) is 2.98. The van der Waals surface area contributed by atoms with Gasteiger partial charge in [-0.05, 0) is 24.3 Å². The zero-order chi connectivity index (χ0) is 19.2. The van der Waals surface area contributed by atoms with Gasteiger partial charge < -0.3 is 19.7 Å². The molecule has 1 aliphatic heterocycles. The Bertz CT molecular complexity index is 926. The van der Waals surface area contributed by atoms with Crippen molar-refractivity contribution < 1.29 is 14.3 Å². The van der Waals surface area contributed by atoms with Crippen molar-refractivity contribution in [3.63, 3.8) is 0 Å². The first-order valence-corrected chi connectivity index (χ1v) is 9.06. The average molecular weight is 376 g/mol. The maximum absolute atomic E-state index is 12.6. The Hall–Kier alpha value is -3.45. The van der Waals surface area contributed by atoms with Crippen LogP contribution < -0.4 is 15.0 Å². The van der Waals surface area contributed by atoms with Crippen LogP contribution in [0, 0.1) is 0 Å². The Morgan fingerprint density at radius 2 is 1.86 bits per heavy atom. The van der Waals surface area contributed by atoms with Gasteiger partial charge in [-0.3, -0.25) is 9.78 Å². The third-order valence-electron chi connectivity index (χ3n) is 4.35. The molecule has 3 aromatic rings. The molecule has 2 aromatic heterocycles. The highest BCUT2D eigenvalue weighted by atomic mass is 16.5. The van der Waals surface area contributed by atoms with Crippen molar-refractivity contribution >= 4 is 17.4 Å². The molecule has 28 heavy (non-hydrogen) atoms. The molecule has 1 aromatic carbocycles. The maximum atomic E-state index is 12.6. The number of carbonyl (C=O) groups excluding carboxylic acids is 1. The highest BCUT2D eigenvalue weighted by Gasteiger charge is 2.15. The standard InChI is InChI=1S/C21H20N4O3/c26-21(16-6-7-20(23-14-16)25-10-12-27-13-11-25)24-18-15-22-9-8-19(18)28-17-4-2-1-3-5-17/h1-9,14-15H,10-13H2,(H,24,26). The number of morpholine rings is 1. The molecule has 0 unspecified atom stereocenters. The average Bonchev–Trinajstić information content (AvgIpc) is 2.76. The van der Waals surface area contributed by atoms with Gasteiger partial charge in [-0.15, -0.1) is 0 Å². The van der Waals surface area contributed by atoms with Gasteiger partial charge in [-0.1, -0.05) is 18.2 Å². The number of rotatable bonds is 5. The van der Waals surface area contributed by atoms with Crippen LogP contribution in [0.1, 0.15) is 10.4 Å². The fraction of sp³-hybridized carbons (Fsp3) is 0.190. The number of hydrogen-bond acceptors (Lipinski definition) is 6. The first kappa shape index (κ1) is 17.9. The van der Waals surface area contributed by atoms with E-state index in [0.29, 0.717) is 36.0 Å². The van der Waals surface area contributed by atoms with E-state index in [1.54, 1.807) is 30.7 Å². The van der Waals surface area contributed by atoms with Crippen LogP contribution in [0.3, 0.4) is 0 Å². The molecule has 1 aliphatic rings. The number of amides is 1. The number of benzene rings is 1. The summed E-state index contributed by atoms with van der Waals surface area (Å²) in [6.07, 6.45) is 4.76. The van der Waals surface area contributed by atoms with Gasteiger partial charge in [0.15, 0.2) is 5.75 Å². The molecule has 0 saturated carbocycles. The topological polar surface area (TPSA) is 76.6 Å². The van der Waals surface area contributed by atoms with Gasteiger partial charge in [0.2, 0.25) is 0 Å². The second kappa shape index (κ2) is 8.49. The number of carbonyl (C=O) groups is 1.